The van der Waals surface area contributed by atoms with Gasteiger partial charge in [-0.25, -0.2) is 8.78 Å². The van der Waals surface area contributed by atoms with Gasteiger partial charge in [0.25, 0.3) is 0 Å². The highest BCUT2D eigenvalue weighted by Gasteiger charge is 2.10. The van der Waals surface area contributed by atoms with Gasteiger partial charge in [-0.05, 0) is 28.8 Å². The number of benzene rings is 2. The van der Waals surface area contributed by atoms with E-state index in [-0.39, 0.29) is 0 Å². The molecule has 0 aliphatic rings. The van der Waals surface area contributed by atoms with Crippen LogP contribution in [0.1, 0.15) is 12.5 Å². The summed E-state index contributed by atoms with van der Waals surface area (Å²) in [5.74, 6) is -1.48. The Balaban J connectivity index is 2.89. The summed E-state index contributed by atoms with van der Waals surface area (Å²) in [7, 11) is 0. The van der Waals surface area contributed by atoms with Crippen molar-refractivity contribution in [3.8, 4) is 0 Å². The first-order chi connectivity index (χ1) is 6.74. The largest absolute Gasteiger partial charge is 0.204 e. The zero-order chi connectivity index (χ0) is 10.1. The smallest absolute Gasteiger partial charge is 0.162 e. The van der Waals surface area contributed by atoms with Crippen LogP contribution < -0.4 is 0 Å². The van der Waals surface area contributed by atoms with Crippen molar-refractivity contribution in [1.29, 1.82) is 0 Å². The fourth-order valence-corrected chi connectivity index (χ4v) is 1.71. The van der Waals surface area contributed by atoms with Crippen LogP contribution >= 0.6 is 0 Å². The summed E-state index contributed by atoms with van der Waals surface area (Å²) in [6.45, 7) is 1.82. The Bertz CT molecular complexity index is 475. The van der Waals surface area contributed by atoms with Crippen LogP contribution in [0.25, 0.3) is 10.8 Å². The lowest BCUT2D eigenvalue weighted by Crippen LogP contribution is -1.94. The number of hydrogen-bond acceptors (Lipinski definition) is 0. The summed E-state index contributed by atoms with van der Waals surface area (Å²) in [6, 6.07) is 8.50. The van der Waals surface area contributed by atoms with Gasteiger partial charge in [0.1, 0.15) is 0 Å². The lowest BCUT2D eigenvalue weighted by molar-refractivity contribution is 0.503. The van der Waals surface area contributed by atoms with Crippen molar-refractivity contribution in [3.05, 3.63) is 47.5 Å². The van der Waals surface area contributed by atoms with Crippen LogP contribution in [-0.4, -0.2) is 0 Å². The number of halogens is 2. The van der Waals surface area contributed by atoms with Gasteiger partial charge >= 0.3 is 0 Å². The van der Waals surface area contributed by atoms with E-state index >= 15 is 0 Å². The Morgan fingerprint density at radius 2 is 1.86 bits per heavy atom. The molecule has 0 N–H and O–H groups in total. The molecule has 0 nitrogen and oxygen atoms in total. The van der Waals surface area contributed by atoms with Gasteiger partial charge in [-0.2, -0.15) is 0 Å². The zero-order valence-corrected chi connectivity index (χ0v) is 7.85. The molecule has 0 amide bonds. The second kappa shape index (κ2) is 3.37. The van der Waals surface area contributed by atoms with E-state index in [2.05, 4.69) is 0 Å². The standard InChI is InChI=1S/C12H10F2/c1-2-9-10-6-4-3-5-8(10)7-11(13)12(9)14/h3-7H,2H2,1H3. The molecular weight excluding hydrogens is 182 g/mol. The van der Waals surface area contributed by atoms with Gasteiger partial charge in [0.05, 0.1) is 0 Å². The van der Waals surface area contributed by atoms with Crippen LogP contribution in [0.5, 0.6) is 0 Å². The second-order valence-corrected chi connectivity index (χ2v) is 3.23. The minimum atomic E-state index is -0.763. The van der Waals surface area contributed by atoms with Gasteiger partial charge in [0, 0.05) is 0 Å². The van der Waals surface area contributed by atoms with Crippen molar-refractivity contribution in [3.63, 3.8) is 0 Å². The van der Waals surface area contributed by atoms with Crippen molar-refractivity contribution < 1.29 is 8.78 Å². The number of aryl methyl sites for hydroxylation is 1. The van der Waals surface area contributed by atoms with Crippen molar-refractivity contribution in [1.82, 2.24) is 0 Å². The minimum absolute atomic E-state index is 0.459. The molecule has 2 aromatic rings. The quantitative estimate of drug-likeness (QED) is 0.646. The highest BCUT2D eigenvalue weighted by Crippen LogP contribution is 2.24. The molecule has 0 saturated heterocycles. The fraction of sp³-hybridized carbons (Fsp3) is 0.167. The monoisotopic (exact) mass is 192 g/mol. The Kier molecular flexibility index (Phi) is 2.20. The molecule has 0 aromatic heterocycles. The maximum Gasteiger partial charge on any atom is 0.162 e. The van der Waals surface area contributed by atoms with Gasteiger partial charge in [-0.3, -0.25) is 0 Å². The fourth-order valence-electron chi connectivity index (χ4n) is 1.71. The molecule has 0 spiro atoms. The molecule has 0 aliphatic carbocycles. The molecule has 2 aromatic carbocycles. The molecule has 0 heterocycles. The molecule has 0 fully saturated rings. The van der Waals surface area contributed by atoms with E-state index in [1.807, 2.05) is 25.1 Å². The van der Waals surface area contributed by atoms with E-state index in [0.717, 1.165) is 10.8 Å². The maximum atomic E-state index is 13.4. The molecule has 2 heteroatoms. The number of fused-ring (bicyclic) bond motifs is 1. The van der Waals surface area contributed by atoms with Crippen molar-refractivity contribution in [2.45, 2.75) is 13.3 Å². The molecular formula is C12H10F2. The predicted octanol–water partition coefficient (Wildman–Crippen LogP) is 3.68. The third kappa shape index (κ3) is 1.27. The van der Waals surface area contributed by atoms with E-state index in [4.69, 9.17) is 0 Å². The average molecular weight is 192 g/mol. The molecule has 0 atom stereocenters. The summed E-state index contributed by atoms with van der Waals surface area (Å²) in [5.41, 5.74) is 0.459. The van der Waals surface area contributed by atoms with Gasteiger partial charge < -0.3 is 0 Å². The van der Waals surface area contributed by atoms with E-state index < -0.39 is 11.6 Å². The topological polar surface area (TPSA) is 0 Å². The van der Waals surface area contributed by atoms with Crippen molar-refractivity contribution in [2.75, 3.05) is 0 Å². The highest BCUT2D eigenvalue weighted by atomic mass is 19.2. The van der Waals surface area contributed by atoms with E-state index in [1.54, 1.807) is 6.07 Å². The molecule has 0 saturated carbocycles. The van der Waals surface area contributed by atoms with Gasteiger partial charge in [-0.1, -0.05) is 31.2 Å². The van der Waals surface area contributed by atoms with Crippen molar-refractivity contribution in [2.24, 2.45) is 0 Å². The van der Waals surface area contributed by atoms with Crippen LogP contribution in [0.3, 0.4) is 0 Å². The lowest BCUT2D eigenvalue weighted by atomic mass is 10.0. The van der Waals surface area contributed by atoms with E-state index in [0.29, 0.717) is 12.0 Å². The molecule has 14 heavy (non-hydrogen) atoms. The molecule has 0 radical (unpaired) electrons. The SMILES string of the molecule is CCc1c(F)c(F)cc2ccccc12. The summed E-state index contributed by atoms with van der Waals surface area (Å²) in [6.07, 6.45) is 0.504. The first kappa shape index (κ1) is 9.13. The Morgan fingerprint density at radius 1 is 1.14 bits per heavy atom. The lowest BCUT2D eigenvalue weighted by Gasteiger charge is -2.06. The Labute approximate surface area is 81.2 Å². The van der Waals surface area contributed by atoms with Gasteiger partial charge in [0.2, 0.25) is 0 Å². The summed E-state index contributed by atoms with van der Waals surface area (Å²) in [4.78, 5) is 0. The summed E-state index contributed by atoms with van der Waals surface area (Å²) >= 11 is 0. The third-order valence-corrected chi connectivity index (χ3v) is 2.40. The Hall–Kier alpha value is -1.44. The average Bonchev–Trinajstić information content (AvgIpc) is 2.20. The molecule has 72 valence electrons. The van der Waals surface area contributed by atoms with Crippen LogP contribution in [-0.2, 0) is 6.42 Å². The summed E-state index contributed by atoms with van der Waals surface area (Å²) in [5, 5.41) is 1.55. The highest BCUT2D eigenvalue weighted by molar-refractivity contribution is 5.86. The molecule has 0 aliphatic heterocycles. The third-order valence-electron chi connectivity index (χ3n) is 2.40. The molecule has 2 rings (SSSR count). The maximum absolute atomic E-state index is 13.4. The molecule has 0 unspecified atom stereocenters. The summed E-state index contributed by atoms with van der Waals surface area (Å²) < 4.78 is 26.5. The minimum Gasteiger partial charge on any atom is -0.204 e. The number of hydrogen-bond donors (Lipinski definition) is 0. The predicted molar refractivity (Wildman–Crippen MR) is 53.2 cm³/mol. The zero-order valence-electron chi connectivity index (χ0n) is 7.85. The van der Waals surface area contributed by atoms with Gasteiger partial charge in [0.15, 0.2) is 11.6 Å². The van der Waals surface area contributed by atoms with Crippen LogP contribution in [0.2, 0.25) is 0 Å². The van der Waals surface area contributed by atoms with Crippen LogP contribution in [0.15, 0.2) is 30.3 Å². The van der Waals surface area contributed by atoms with E-state index in [9.17, 15) is 8.78 Å². The van der Waals surface area contributed by atoms with Crippen molar-refractivity contribution >= 4 is 10.8 Å². The number of rotatable bonds is 1. The first-order valence-electron chi connectivity index (χ1n) is 4.59. The van der Waals surface area contributed by atoms with Gasteiger partial charge in [-0.15, -0.1) is 0 Å². The van der Waals surface area contributed by atoms with E-state index in [1.165, 1.54) is 6.07 Å². The second-order valence-electron chi connectivity index (χ2n) is 3.23. The first-order valence-corrected chi connectivity index (χ1v) is 4.59. The van der Waals surface area contributed by atoms with Crippen LogP contribution in [0, 0.1) is 11.6 Å². The Morgan fingerprint density at radius 3 is 2.57 bits per heavy atom. The normalized spacial score (nSPS) is 10.8. The molecule has 0 bridgehead atoms. The van der Waals surface area contributed by atoms with Crippen LogP contribution in [0.4, 0.5) is 8.78 Å².